The summed E-state index contributed by atoms with van der Waals surface area (Å²) >= 11 is 0. The lowest BCUT2D eigenvalue weighted by molar-refractivity contribution is 0.182. The van der Waals surface area contributed by atoms with Gasteiger partial charge in [0.1, 0.15) is 0 Å². The summed E-state index contributed by atoms with van der Waals surface area (Å²) < 4.78 is 0. The number of aliphatic hydroxyl groups is 1. The molecule has 1 aliphatic heterocycles. The van der Waals surface area contributed by atoms with E-state index in [4.69, 9.17) is 0 Å². The minimum Gasteiger partial charge on any atom is -0.392 e. The zero-order valence-electron chi connectivity index (χ0n) is 7.75. The highest BCUT2D eigenvalue weighted by Crippen LogP contribution is 2.21. The second-order valence-electron chi connectivity index (χ2n) is 4.11. The van der Waals surface area contributed by atoms with Crippen molar-refractivity contribution < 1.29 is 5.11 Å². The van der Waals surface area contributed by atoms with Crippen molar-refractivity contribution in [1.82, 2.24) is 4.90 Å². The number of hydrogen-bond donors (Lipinski definition) is 1. The number of likely N-dealkylation sites (N-methyl/N-ethyl adjacent to an activating group) is 1. The van der Waals surface area contributed by atoms with Gasteiger partial charge in [0.05, 0.1) is 6.10 Å². The molecule has 0 unspecified atom stereocenters. The van der Waals surface area contributed by atoms with E-state index in [1.807, 2.05) is 0 Å². The highest BCUT2D eigenvalue weighted by Gasteiger charge is 2.27. The number of hydrogen-bond acceptors (Lipinski definition) is 2. The van der Waals surface area contributed by atoms with Gasteiger partial charge in [-0.3, -0.25) is 0 Å². The van der Waals surface area contributed by atoms with E-state index in [0.717, 1.165) is 18.9 Å². The van der Waals surface area contributed by atoms with Gasteiger partial charge in [0.25, 0.3) is 0 Å². The summed E-state index contributed by atoms with van der Waals surface area (Å²) in [6, 6.07) is 0.616. The molecule has 1 saturated heterocycles. The average molecular weight is 157 g/mol. The summed E-state index contributed by atoms with van der Waals surface area (Å²) in [6.45, 7) is 5.33. The summed E-state index contributed by atoms with van der Waals surface area (Å²) in [5.74, 6) is 0.743. The number of aliphatic hydroxyl groups excluding tert-OH is 1. The lowest BCUT2D eigenvalue weighted by Gasteiger charge is -2.20. The zero-order valence-corrected chi connectivity index (χ0v) is 7.75. The second kappa shape index (κ2) is 3.55. The van der Waals surface area contributed by atoms with Crippen molar-refractivity contribution in [1.29, 1.82) is 0 Å². The third-order valence-electron chi connectivity index (χ3n) is 2.41. The van der Waals surface area contributed by atoms with Gasteiger partial charge in [-0.05, 0) is 25.8 Å². The molecule has 0 amide bonds. The van der Waals surface area contributed by atoms with Crippen LogP contribution in [0.2, 0.25) is 0 Å². The molecule has 2 nitrogen and oxygen atoms in total. The van der Waals surface area contributed by atoms with Crippen LogP contribution >= 0.6 is 0 Å². The quantitative estimate of drug-likeness (QED) is 0.649. The van der Waals surface area contributed by atoms with Crippen molar-refractivity contribution >= 4 is 0 Å². The summed E-state index contributed by atoms with van der Waals surface area (Å²) in [7, 11) is 2.10. The lowest BCUT2D eigenvalue weighted by atomic mass is 10.0. The Morgan fingerprint density at radius 1 is 1.55 bits per heavy atom. The van der Waals surface area contributed by atoms with E-state index in [-0.39, 0.29) is 6.10 Å². The molecule has 2 atom stereocenters. The Balaban J connectivity index is 2.34. The number of likely N-dealkylation sites (tertiary alicyclic amines) is 1. The van der Waals surface area contributed by atoms with E-state index >= 15 is 0 Å². The smallest absolute Gasteiger partial charge is 0.0682 e. The summed E-state index contributed by atoms with van der Waals surface area (Å²) in [4.78, 5) is 2.27. The van der Waals surface area contributed by atoms with Crippen molar-refractivity contribution in [3.8, 4) is 0 Å². The highest BCUT2D eigenvalue weighted by atomic mass is 16.3. The average Bonchev–Trinajstić information content (AvgIpc) is 2.09. The van der Waals surface area contributed by atoms with Crippen LogP contribution in [0.25, 0.3) is 0 Å². The molecule has 0 radical (unpaired) electrons. The molecule has 0 aromatic heterocycles. The number of rotatable bonds is 2. The molecule has 0 bridgehead atoms. The topological polar surface area (TPSA) is 23.5 Å². The van der Waals surface area contributed by atoms with Crippen molar-refractivity contribution in [2.75, 3.05) is 13.6 Å². The lowest BCUT2D eigenvalue weighted by Crippen LogP contribution is -2.26. The molecule has 1 fully saturated rings. The monoisotopic (exact) mass is 157 g/mol. The predicted octanol–water partition coefficient (Wildman–Crippen LogP) is 1.10. The first-order valence-electron chi connectivity index (χ1n) is 4.48. The van der Waals surface area contributed by atoms with Gasteiger partial charge in [0.15, 0.2) is 0 Å². The Hall–Kier alpha value is -0.0800. The first-order chi connectivity index (χ1) is 5.09. The highest BCUT2D eigenvalue weighted by molar-refractivity contribution is 4.83. The van der Waals surface area contributed by atoms with Gasteiger partial charge in [-0.2, -0.15) is 0 Å². The van der Waals surface area contributed by atoms with Crippen LogP contribution in [-0.4, -0.2) is 35.7 Å². The van der Waals surface area contributed by atoms with Crippen LogP contribution in [0.1, 0.15) is 26.7 Å². The molecule has 0 spiro atoms. The first-order valence-corrected chi connectivity index (χ1v) is 4.48. The van der Waals surface area contributed by atoms with Gasteiger partial charge in [0, 0.05) is 12.6 Å². The molecular weight excluding hydrogens is 138 g/mol. The van der Waals surface area contributed by atoms with Crippen molar-refractivity contribution in [2.24, 2.45) is 5.92 Å². The fraction of sp³-hybridized carbons (Fsp3) is 1.00. The zero-order chi connectivity index (χ0) is 8.43. The third kappa shape index (κ3) is 2.46. The molecule has 1 heterocycles. The SMILES string of the molecule is CC(C)C[C@H]1C[C@@H](O)CN1C. The van der Waals surface area contributed by atoms with Gasteiger partial charge < -0.3 is 10.0 Å². The summed E-state index contributed by atoms with van der Waals surface area (Å²) in [5.41, 5.74) is 0. The maximum Gasteiger partial charge on any atom is 0.0682 e. The summed E-state index contributed by atoms with van der Waals surface area (Å²) in [6.07, 6.45) is 2.10. The molecule has 0 aliphatic carbocycles. The van der Waals surface area contributed by atoms with E-state index in [9.17, 15) is 5.11 Å². The van der Waals surface area contributed by atoms with E-state index in [1.165, 1.54) is 6.42 Å². The maximum absolute atomic E-state index is 9.34. The molecule has 1 rings (SSSR count). The van der Waals surface area contributed by atoms with Crippen LogP contribution in [-0.2, 0) is 0 Å². The Labute approximate surface area is 69.2 Å². The predicted molar refractivity (Wildman–Crippen MR) is 46.5 cm³/mol. The van der Waals surface area contributed by atoms with Crippen LogP contribution in [0.5, 0.6) is 0 Å². The van der Waals surface area contributed by atoms with E-state index in [2.05, 4.69) is 25.8 Å². The molecule has 1 aliphatic rings. The minimum atomic E-state index is -0.0799. The molecule has 11 heavy (non-hydrogen) atoms. The van der Waals surface area contributed by atoms with Gasteiger partial charge in [0.2, 0.25) is 0 Å². The van der Waals surface area contributed by atoms with Crippen LogP contribution < -0.4 is 0 Å². The van der Waals surface area contributed by atoms with Crippen molar-refractivity contribution in [2.45, 2.75) is 38.8 Å². The van der Waals surface area contributed by atoms with Gasteiger partial charge in [-0.1, -0.05) is 13.8 Å². The molecule has 2 heteroatoms. The molecular formula is C9H19NO. The van der Waals surface area contributed by atoms with Gasteiger partial charge in [-0.25, -0.2) is 0 Å². The fourth-order valence-corrected chi connectivity index (χ4v) is 1.87. The Morgan fingerprint density at radius 2 is 2.18 bits per heavy atom. The van der Waals surface area contributed by atoms with Crippen LogP contribution in [0, 0.1) is 5.92 Å². The van der Waals surface area contributed by atoms with Crippen LogP contribution in [0.4, 0.5) is 0 Å². The molecule has 0 aromatic rings. The standard InChI is InChI=1S/C9H19NO/c1-7(2)4-8-5-9(11)6-10(8)3/h7-9,11H,4-6H2,1-3H3/t8-,9+/m0/s1. The normalized spacial score (nSPS) is 33.5. The number of nitrogens with zero attached hydrogens (tertiary/aromatic N) is 1. The van der Waals surface area contributed by atoms with E-state index < -0.39 is 0 Å². The van der Waals surface area contributed by atoms with E-state index in [1.54, 1.807) is 0 Å². The Kier molecular flexibility index (Phi) is 2.90. The Morgan fingerprint density at radius 3 is 2.55 bits per heavy atom. The van der Waals surface area contributed by atoms with Gasteiger partial charge >= 0.3 is 0 Å². The summed E-state index contributed by atoms with van der Waals surface area (Å²) in [5, 5.41) is 9.34. The fourth-order valence-electron chi connectivity index (χ4n) is 1.87. The number of β-amino-alcohol motifs (C(OH)–C–C–N with tert-alkyl or cyclic N) is 1. The van der Waals surface area contributed by atoms with Gasteiger partial charge in [-0.15, -0.1) is 0 Å². The van der Waals surface area contributed by atoms with Crippen LogP contribution in [0.3, 0.4) is 0 Å². The largest absolute Gasteiger partial charge is 0.392 e. The third-order valence-corrected chi connectivity index (χ3v) is 2.41. The molecule has 1 N–H and O–H groups in total. The molecule has 0 saturated carbocycles. The van der Waals surface area contributed by atoms with E-state index in [0.29, 0.717) is 6.04 Å². The maximum atomic E-state index is 9.34. The Bertz CT molecular complexity index is 125. The molecule has 0 aromatic carbocycles. The van der Waals surface area contributed by atoms with Crippen LogP contribution in [0.15, 0.2) is 0 Å². The van der Waals surface area contributed by atoms with Crippen molar-refractivity contribution in [3.05, 3.63) is 0 Å². The second-order valence-corrected chi connectivity index (χ2v) is 4.11. The first kappa shape index (κ1) is 9.01. The molecule has 66 valence electrons. The minimum absolute atomic E-state index is 0.0799. The van der Waals surface area contributed by atoms with Crippen molar-refractivity contribution in [3.63, 3.8) is 0 Å².